The van der Waals surface area contributed by atoms with Gasteiger partial charge < -0.3 is 14.7 Å². The van der Waals surface area contributed by atoms with E-state index in [4.69, 9.17) is 4.52 Å². The summed E-state index contributed by atoms with van der Waals surface area (Å²) in [5.41, 5.74) is 1.90. The van der Waals surface area contributed by atoms with Crippen molar-refractivity contribution in [2.45, 2.75) is 46.1 Å². The molecule has 3 heterocycles. The third-order valence-electron chi connectivity index (χ3n) is 3.66. The zero-order valence-electron chi connectivity index (χ0n) is 13.3. The van der Waals surface area contributed by atoms with Gasteiger partial charge in [-0.1, -0.05) is 19.0 Å². The quantitative estimate of drug-likeness (QED) is 0.908. The Kier molecular flexibility index (Phi) is 4.22. The summed E-state index contributed by atoms with van der Waals surface area (Å²) in [5, 5.41) is 7.07. The maximum Gasteiger partial charge on any atom is 0.321 e. The minimum Gasteiger partial charge on any atom is -0.341 e. The lowest BCUT2D eigenvalue weighted by molar-refractivity contribution is 0.419. The first-order valence-electron chi connectivity index (χ1n) is 7.79. The monoisotopic (exact) mass is 302 g/mol. The molecule has 1 aliphatic heterocycles. The maximum absolute atomic E-state index is 5.18. The number of aryl methyl sites for hydroxylation is 1. The molecule has 1 N–H and O–H groups in total. The largest absolute Gasteiger partial charge is 0.341 e. The number of hydrogen-bond acceptors (Lipinski definition) is 7. The van der Waals surface area contributed by atoms with Crippen LogP contribution in [0, 0.1) is 6.92 Å². The Labute approximate surface area is 130 Å². The lowest BCUT2D eigenvalue weighted by Crippen LogP contribution is -2.21. The standard InChI is InChI=1S/C15H22N6O/c1-10(2)13-19-15(22-20-13)16-9-12-8-11(3)17-14(18-12)21-6-4-5-7-21/h8,10H,4-7,9H2,1-3H3,(H,16,19,20). The molecule has 3 rings (SSSR count). The van der Waals surface area contributed by atoms with Gasteiger partial charge in [0, 0.05) is 24.7 Å². The lowest BCUT2D eigenvalue weighted by atomic mass is 10.2. The Morgan fingerprint density at radius 1 is 1.23 bits per heavy atom. The molecule has 0 bridgehead atoms. The van der Waals surface area contributed by atoms with Gasteiger partial charge in [0.05, 0.1) is 12.2 Å². The van der Waals surface area contributed by atoms with Crippen LogP contribution in [-0.2, 0) is 6.54 Å². The van der Waals surface area contributed by atoms with E-state index < -0.39 is 0 Å². The normalized spacial score (nSPS) is 14.8. The van der Waals surface area contributed by atoms with Crippen LogP contribution in [0.1, 0.15) is 49.8 Å². The molecule has 118 valence electrons. The summed E-state index contributed by atoms with van der Waals surface area (Å²) < 4.78 is 5.18. The first kappa shape index (κ1) is 14.7. The second-order valence-electron chi connectivity index (χ2n) is 5.96. The number of nitrogens with one attached hydrogen (secondary N) is 1. The third-order valence-corrected chi connectivity index (χ3v) is 3.66. The Morgan fingerprint density at radius 2 is 2.00 bits per heavy atom. The van der Waals surface area contributed by atoms with Crippen molar-refractivity contribution < 1.29 is 4.52 Å². The molecule has 0 aromatic carbocycles. The van der Waals surface area contributed by atoms with E-state index in [1.165, 1.54) is 12.8 Å². The van der Waals surface area contributed by atoms with Crippen molar-refractivity contribution in [2.24, 2.45) is 0 Å². The van der Waals surface area contributed by atoms with Crippen molar-refractivity contribution in [1.82, 2.24) is 20.1 Å². The molecule has 1 aliphatic rings. The maximum atomic E-state index is 5.18. The number of hydrogen-bond donors (Lipinski definition) is 1. The smallest absolute Gasteiger partial charge is 0.321 e. The molecule has 1 saturated heterocycles. The summed E-state index contributed by atoms with van der Waals surface area (Å²) in [6.45, 7) is 8.68. The molecule has 0 saturated carbocycles. The van der Waals surface area contributed by atoms with Crippen LogP contribution in [0.3, 0.4) is 0 Å². The van der Waals surface area contributed by atoms with Crippen molar-refractivity contribution in [1.29, 1.82) is 0 Å². The van der Waals surface area contributed by atoms with E-state index in [9.17, 15) is 0 Å². The minimum absolute atomic E-state index is 0.252. The fraction of sp³-hybridized carbons (Fsp3) is 0.600. The summed E-state index contributed by atoms with van der Waals surface area (Å²) in [6.07, 6.45) is 2.43. The molecule has 0 spiro atoms. The first-order chi connectivity index (χ1) is 10.6. The van der Waals surface area contributed by atoms with Crippen LogP contribution in [0.25, 0.3) is 0 Å². The van der Waals surface area contributed by atoms with Crippen molar-refractivity contribution in [3.8, 4) is 0 Å². The molecule has 0 aliphatic carbocycles. The average Bonchev–Trinajstić information content (AvgIpc) is 3.16. The highest BCUT2D eigenvalue weighted by Gasteiger charge is 2.16. The molecule has 0 unspecified atom stereocenters. The summed E-state index contributed by atoms with van der Waals surface area (Å²) in [7, 11) is 0. The van der Waals surface area contributed by atoms with Gasteiger partial charge in [0.1, 0.15) is 0 Å². The van der Waals surface area contributed by atoms with Crippen molar-refractivity contribution in [3.05, 3.63) is 23.3 Å². The summed E-state index contributed by atoms with van der Waals surface area (Å²) in [6, 6.07) is 2.41. The zero-order valence-corrected chi connectivity index (χ0v) is 13.3. The summed E-state index contributed by atoms with van der Waals surface area (Å²) in [5.74, 6) is 1.78. The van der Waals surface area contributed by atoms with E-state index in [2.05, 4.69) is 30.3 Å². The second-order valence-corrected chi connectivity index (χ2v) is 5.96. The number of nitrogens with zero attached hydrogens (tertiary/aromatic N) is 5. The molecule has 22 heavy (non-hydrogen) atoms. The van der Waals surface area contributed by atoms with Crippen LogP contribution < -0.4 is 10.2 Å². The van der Waals surface area contributed by atoms with Crippen LogP contribution in [0.4, 0.5) is 12.0 Å². The van der Waals surface area contributed by atoms with Crippen LogP contribution >= 0.6 is 0 Å². The first-order valence-corrected chi connectivity index (χ1v) is 7.79. The van der Waals surface area contributed by atoms with Gasteiger partial charge in [-0.05, 0) is 25.8 Å². The van der Waals surface area contributed by atoms with E-state index in [1.54, 1.807) is 0 Å². The highest BCUT2D eigenvalue weighted by molar-refractivity contribution is 5.34. The lowest BCUT2D eigenvalue weighted by Gasteiger charge is -2.16. The number of anilines is 2. The zero-order chi connectivity index (χ0) is 15.5. The summed E-state index contributed by atoms with van der Waals surface area (Å²) >= 11 is 0. The van der Waals surface area contributed by atoms with Crippen LogP contribution in [0.2, 0.25) is 0 Å². The topological polar surface area (TPSA) is 80.0 Å². The summed E-state index contributed by atoms with van der Waals surface area (Å²) in [4.78, 5) is 15.7. The SMILES string of the molecule is Cc1cc(CNc2nc(C(C)C)no2)nc(N2CCCC2)n1. The fourth-order valence-corrected chi connectivity index (χ4v) is 2.47. The second kappa shape index (κ2) is 6.29. The van der Waals surface area contributed by atoms with Gasteiger partial charge in [-0.15, -0.1) is 0 Å². The number of rotatable bonds is 5. The van der Waals surface area contributed by atoms with Crippen molar-refractivity contribution in [2.75, 3.05) is 23.3 Å². The van der Waals surface area contributed by atoms with Crippen LogP contribution in [0.5, 0.6) is 0 Å². The molecule has 2 aromatic heterocycles. The Balaban J connectivity index is 1.68. The molecular weight excluding hydrogens is 280 g/mol. The van der Waals surface area contributed by atoms with Gasteiger partial charge in [-0.2, -0.15) is 4.98 Å². The molecule has 0 amide bonds. The van der Waals surface area contributed by atoms with Gasteiger partial charge >= 0.3 is 6.01 Å². The van der Waals surface area contributed by atoms with Crippen LogP contribution in [0.15, 0.2) is 10.6 Å². The predicted molar refractivity (Wildman–Crippen MR) is 83.9 cm³/mol. The number of aromatic nitrogens is 4. The van der Waals surface area contributed by atoms with Crippen molar-refractivity contribution >= 4 is 12.0 Å². The average molecular weight is 302 g/mol. The molecule has 7 nitrogen and oxygen atoms in total. The van der Waals surface area contributed by atoms with Gasteiger partial charge in [0.2, 0.25) is 5.95 Å². The van der Waals surface area contributed by atoms with Gasteiger partial charge in [-0.25, -0.2) is 9.97 Å². The van der Waals surface area contributed by atoms with Gasteiger partial charge in [0.25, 0.3) is 0 Å². The molecule has 0 radical (unpaired) electrons. The van der Waals surface area contributed by atoms with E-state index >= 15 is 0 Å². The van der Waals surface area contributed by atoms with E-state index in [0.29, 0.717) is 18.4 Å². The van der Waals surface area contributed by atoms with Crippen molar-refractivity contribution in [3.63, 3.8) is 0 Å². The van der Waals surface area contributed by atoms with E-state index in [1.807, 2.05) is 26.8 Å². The van der Waals surface area contributed by atoms with Gasteiger partial charge in [-0.3, -0.25) is 0 Å². The predicted octanol–water partition coefficient (Wildman–Crippen LogP) is 2.50. The van der Waals surface area contributed by atoms with E-state index in [0.717, 1.165) is 30.4 Å². The van der Waals surface area contributed by atoms with Gasteiger partial charge in [0.15, 0.2) is 5.82 Å². The Bertz CT molecular complexity index is 633. The van der Waals surface area contributed by atoms with Crippen LogP contribution in [-0.4, -0.2) is 33.2 Å². The third kappa shape index (κ3) is 3.35. The molecular formula is C15H22N6O. The minimum atomic E-state index is 0.252. The molecule has 0 atom stereocenters. The molecule has 2 aromatic rings. The highest BCUT2D eigenvalue weighted by Crippen LogP contribution is 2.17. The fourth-order valence-electron chi connectivity index (χ4n) is 2.47. The highest BCUT2D eigenvalue weighted by atomic mass is 16.5. The molecule has 7 heteroatoms. The Morgan fingerprint density at radius 3 is 2.68 bits per heavy atom. The Hall–Kier alpha value is -2.18. The molecule has 1 fully saturated rings. The van der Waals surface area contributed by atoms with E-state index in [-0.39, 0.29) is 5.92 Å².